The molecule has 0 aliphatic carbocycles. The third-order valence-electron chi connectivity index (χ3n) is 3.72. The van der Waals surface area contributed by atoms with Crippen LogP contribution in [0.2, 0.25) is 0 Å². The second-order valence-electron chi connectivity index (χ2n) is 5.64. The molecule has 1 aromatic carbocycles. The fourth-order valence-electron chi connectivity index (χ4n) is 2.72. The number of nitrogens with zero attached hydrogens (tertiary/aromatic N) is 1. The Hall–Kier alpha value is -0.970. The van der Waals surface area contributed by atoms with Crippen LogP contribution >= 0.6 is 0 Å². The van der Waals surface area contributed by atoms with E-state index in [0.717, 1.165) is 37.2 Å². The first kappa shape index (κ1) is 15.4. The second-order valence-corrected chi connectivity index (χ2v) is 5.64. The van der Waals surface area contributed by atoms with Crippen LogP contribution in [-0.2, 0) is 17.8 Å². The molecular weight excluding hydrogens is 255 g/mol. The zero-order valence-electron chi connectivity index (χ0n) is 12.5. The Bertz CT molecular complexity index is 419. The minimum absolute atomic E-state index is 0.124. The number of likely N-dealkylation sites (N-methyl/N-ethyl adjacent to an activating group) is 1. The first-order valence-electron chi connectivity index (χ1n) is 7.41. The number of benzene rings is 1. The maximum Gasteiger partial charge on any atom is 0.127 e. The smallest absolute Gasteiger partial charge is 0.127 e. The van der Waals surface area contributed by atoms with Crippen LogP contribution in [0, 0.1) is 5.82 Å². The van der Waals surface area contributed by atoms with Crippen molar-refractivity contribution in [1.82, 2.24) is 10.2 Å². The number of hydrogen-bond donors (Lipinski definition) is 1. The van der Waals surface area contributed by atoms with Crippen LogP contribution in [0.5, 0.6) is 0 Å². The van der Waals surface area contributed by atoms with Crippen LogP contribution in [0.15, 0.2) is 18.2 Å². The number of hydrogen-bond acceptors (Lipinski definition) is 3. The summed E-state index contributed by atoms with van der Waals surface area (Å²) in [7, 11) is 3.93. The Labute approximate surface area is 121 Å². The summed E-state index contributed by atoms with van der Waals surface area (Å²) in [5.74, 6) is -0.124. The van der Waals surface area contributed by atoms with Crippen molar-refractivity contribution >= 4 is 0 Å². The van der Waals surface area contributed by atoms with Gasteiger partial charge in [0.05, 0.1) is 6.10 Å². The lowest BCUT2D eigenvalue weighted by Crippen LogP contribution is -2.33. The molecule has 112 valence electrons. The van der Waals surface area contributed by atoms with E-state index < -0.39 is 0 Å². The van der Waals surface area contributed by atoms with E-state index in [1.807, 2.05) is 26.2 Å². The maximum atomic E-state index is 13.9. The molecule has 1 N–H and O–H groups in total. The number of nitrogens with one attached hydrogen (secondary N) is 1. The van der Waals surface area contributed by atoms with Crippen molar-refractivity contribution in [3.8, 4) is 0 Å². The van der Waals surface area contributed by atoms with E-state index in [0.29, 0.717) is 12.6 Å². The van der Waals surface area contributed by atoms with E-state index in [2.05, 4.69) is 10.2 Å². The maximum absolute atomic E-state index is 13.9. The molecule has 0 spiro atoms. The summed E-state index contributed by atoms with van der Waals surface area (Å²) in [4.78, 5) is 2.15. The molecule has 0 radical (unpaired) electrons. The second kappa shape index (κ2) is 7.72. The molecule has 4 heteroatoms. The van der Waals surface area contributed by atoms with Crippen molar-refractivity contribution in [1.29, 1.82) is 0 Å². The molecule has 0 aromatic heterocycles. The van der Waals surface area contributed by atoms with Crippen LogP contribution in [0.1, 0.15) is 30.4 Å². The largest absolute Gasteiger partial charge is 0.377 e. The minimum atomic E-state index is -0.124. The van der Waals surface area contributed by atoms with Gasteiger partial charge in [-0.25, -0.2) is 4.39 Å². The Morgan fingerprint density at radius 3 is 2.95 bits per heavy atom. The van der Waals surface area contributed by atoms with Gasteiger partial charge >= 0.3 is 0 Å². The molecule has 1 unspecified atom stereocenters. The summed E-state index contributed by atoms with van der Waals surface area (Å²) >= 11 is 0. The summed E-state index contributed by atoms with van der Waals surface area (Å²) in [5, 5.41) is 3.09. The van der Waals surface area contributed by atoms with Crippen molar-refractivity contribution in [3.05, 3.63) is 35.1 Å². The highest BCUT2D eigenvalue weighted by Gasteiger charge is 2.16. The van der Waals surface area contributed by atoms with Crippen LogP contribution < -0.4 is 5.32 Å². The lowest BCUT2D eigenvalue weighted by Gasteiger charge is -2.27. The quantitative estimate of drug-likeness (QED) is 0.866. The normalized spacial score (nSPS) is 19.5. The Balaban J connectivity index is 1.92. The van der Waals surface area contributed by atoms with Crippen molar-refractivity contribution in [2.24, 2.45) is 0 Å². The van der Waals surface area contributed by atoms with Crippen molar-refractivity contribution < 1.29 is 9.13 Å². The lowest BCUT2D eigenvalue weighted by atomic mass is 10.1. The summed E-state index contributed by atoms with van der Waals surface area (Å²) in [6.45, 7) is 3.13. The number of halogens is 1. The van der Waals surface area contributed by atoms with Crippen LogP contribution in [0.25, 0.3) is 0 Å². The highest BCUT2D eigenvalue weighted by molar-refractivity contribution is 5.25. The molecule has 3 nitrogen and oxygen atoms in total. The SMILES string of the molecule is CNCc1ccc(F)c(CN(C)CC2CCCCO2)c1. The first-order valence-corrected chi connectivity index (χ1v) is 7.41. The van der Waals surface area contributed by atoms with Crippen molar-refractivity contribution in [2.75, 3.05) is 27.2 Å². The van der Waals surface area contributed by atoms with Gasteiger partial charge in [-0.15, -0.1) is 0 Å². The van der Waals surface area contributed by atoms with Gasteiger partial charge in [-0.3, -0.25) is 4.90 Å². The Morgan fingerprint density at radius 2 is 2.25 bits per heavy atom. The van der Waals surface area contributed by atoms with Gasteiger partial charge in [0.15, 0.2) is 0 Å². The van der Waals surface area contributed by atoms with Gasteiger partial charge in [-0.1, -0.05) is 12.1 Å². The fraction of sp³-hybridized carbons (Fsp3) is 0.625. The monoisotopic (exact) mass is 280 g/mol. The molecule has 1 atom stereocenters. The molecule has 1 aliphatic rings. The molecule has 1 saturated heterocycles. The van der Waals surface area contributed by atoms with Crippen LogP contribution in [0.3, 0.4) is 0 Å². The molecule has 1 fully saturated rings. The van der Waals surface area contributed by atoms with Gasteiger partial charge in [-0.05, 0) is 45.0 Å². The van der Waals surface area contributed by atoms with Gasteiger partial charge in [0.1, 0.15) is 5.82 Å². The van der Waals surface area contributed by atoms with E-state index in [4.69, 9.17) is 4.74 Å². The average molecular weight is 280 g/mol. The van der Waals surface area contributed by atoms with Crippen LogP contribution in [-0.4, -0.2) is 38.3 Å². The molecule has 1 heterocycles. The molecule has 1 aliphatic heterocycles. The van der Waals surface area contributed by atoms with Gasteiger partial charge in [0, 0.05) is 31.8 Å². The summed E-state index contributed by atoms with van der Waals surface area (Å²) in [6, 6.07) is 5.34. The number of rotatable bonds is 6. The van der Waals surface area contributed by atoms with Crippen LogP contribution in [0.4, 0.5) is 4.39 Å². The molecule has 0 amide bonds. The van der Waals surface area contributed by atoms with E-state index in [1.165, 1.54) is 12.8 Å². The average Bonchev–Trinajstić information content (AvgIpc) is 2.44. The van der Waals surface area contributed by atoms with E-state index >= 15 is 0 Å². The molecule has 0 saturated carbocycles. The minimum Gasteiger partial charge on any atom is -0.377 e. The first-order chi connectivity index (χ1) is 9.69. The predicted molar refractivity (Wildman–Crippen MR) is 79.1 cm³/mol. The van der Waals surface area contributed by atoms with E-state index in [-0.39, 0.29) is 5.82 Å². The molecule has 1 aromatic rings. The van der Waals surface area contributed by atoms with Gasteiger partial charge in [0.25, 0.3) is 0 Å². The number of ether oxygens (including phenoxy) is 1. The zero-order valence-corrected chi connectivity index (χ0v) is 12.5. The van der Waals surface area contributed by atoms with Gasteiger partial charge in [-0.2, -0.15) is 0 Å². The Kier molecular flexibility index (Phi) is 5.95. The third-order valence-corrected chi connectivity index (χ3v) is 3.72. The highest BCUT2D eigenvalue weighted by atomic mass is 19.1. The van der Waals surface area contributed by atoms with E-state index in [9.17, 15) is 4.39 Å². The topological polar surface area (TPSA) is 24.5 Å². The predicted octanol–water partition coefficient (Wildman–Crippen LogP) is 2.55. The summed E-state index contributed by atoms with van der Waals surface area (Å²) in [6.07, 6.45) is 3.83. The fourth-order valence-corrected chi connectivity index (χ4v) is 2.72. The summed E-state index contributed by atoms with van der Waals surface area (Å²) < 4.78 is 19.6. The molecule has 0 bridgehead atoms. The van der Waals surface area contributed by atoms with Gasteiger partial charge in [0.2, 0.25) is 0 Å². The van der Waals surface area contributed by atoms with Crippen molar-refractivity contribution in [2.45, 2.75) is 38.5 Å². The van der Waals surface area contributed by atoms with E-state index in [1.54, 1.807) is 6.07 Å². The van der Waals surface area contributed by atoms with Crippen molar-refractivity contribution in [3.63, 3.8) is 0 Å². The van der Waals surface area contributed by atoms with Gasteiger partial charge < -0.3 is 10.1 Å². The Morgan fingerprint density at radius 1 is 1.40 bits per heavy atom. The third kappa shape index (κ3) is 4.54. The zero-order chi connectivity index (χ0) is 14.4. The molecular formula is C16H25FN2O. The highest BCUT2D eigenvalue weighted by Crippen LogP contribution is 2.16. The molecule has 2 rings (SSSR count). The molecule has 20 heavy (non-hydrogen) atoms. The lowest BCUT2D eigenvalue weighted by molar-refractivity contribution is -0.00272. The summed E-state index contributed by atoms with van der Waals surface area (Å²) in [5.41, 5.74) is 1.88. The standard InChI is InChI=1S/C16H25FN2O/c1-18-10-13-6-7-16(17)14(9-13)11-19(2)12-15-5-3-4-8-20-15/h6-7,9,15,18H,3-5,8,10-12H2,1-2H3.